The number of hydrogen-bond donors (Lipinski definition) is 1. The van der Waals surface area contributed by atoms with Crippen LogP contribution in [0.1, 0.15) is 30.8 Å². The topological polar surface area (TPSA) is 76.7 Å². The third-order valence-corrected chi connectivity index (χ3v) is 4.68. The number of ether oxygens (including phenoxy) is 1. The number of benzene rings is 2. The lowest BCUT2D eigenvalue weighted by atomic mass is 10.1. The zero-order valence-electron chi connectivity index (χ0n) is 17.9. The molecule has 0 aliphatic rings. The molecule has 0 spiro atoms. The van der Waals surface area contributed by atoms with E-state index in [4.69, 9.17) is 4.74 Å². The molecule has 0 atom stereocenters. The highest BCUT2D eigenvalue weighted by Crippen LogP contribution is 2.31. The normalized spacial score (nSPS) is 12.2. The van der Waals surface area contributed by atoms with Crippen molar-refractivity contribution < 1.29 is 9.84 Å². The average molecular weight is 415 g/mol. The van der Waals surface area contributed by atoms with Crippen LogP contribution >= 0.6 is 0 Å². The molecular weight excluding hydrogens is 390 g/mol. The van der Waals surface area contributed by atoms with Crippen molar-refractivity contribution in [1.29, 1.82) is 0 Å². The highest BCUT2D eigenvalue weighted by Gasteiger charge is 2.11. The van der Waals surface area contributed by atoms with Gasteiger partial charge in [0.1, 0.15) is 5.82 Å². The number of rotatable bonds is 6. The van der Waals surface area contributed by atoms with Crippen molar-refractivity contribution in [2.45, 2.75) is 20.8 Å². The minimum absolute atomic E-state index is 0.0292. The number of nitrogens with zero attached hydrogens (tertiary/aromatic N) is 3. The molecule has 0 unspecified atom stereocenters. The summed E-state index contributed by atoms with van der Waals surface area (Å²) < 4.78 is 6.97. The lowest BCUT2D eigenvalue weighted by molar-refractivity contribution is 0.318. The van der Waals surface area contributed by atoms with Gasteiger partial charge in [0, 0.05) is 11.8 Å². The highest BCUT2D eigenvalue weighted by atomic mass is 16.5. The van der Waals surface area contributed by atoms with Crippen LogP contribution < -0.4 is 20.9 Å². The van der Waals surface area contributed by atoms with E-state index in [1.165, 1.54) is 10.8 Å². The Morgan fingerprint density at radius 2 is 1.97 bits per heavy atom. The van der Waals surface area contributed by atoms with Crippen LogP contribution in [0.4, 0.5) is 0 Å². The summed E-state index contributed by atoms with van der Waals surface area (Å²) in [5.74, 6) is 0.820. The van der Waals surface area contributed by atoms with E-state index in [2.05, 4.69) is 16.6 Å². The fourth-order valence-corrected chi connectivity index (χ4v) is 3.11. The van der Waals surface area contributed by atoms with E-state index >= 15 is 0 Å². The number of para-hydroxylation sites is 2. The zero-order valence-corrected chi connectivity index (χ0v) is 17.9. The first-order valence-corrected chi connectivity index (χ1v) is 9.96. The Morgan fingerprint density at radius 1 is 1.19 bits per heavy atom. The molecule has 6 heteroatoms. The standard InChI is InChI=1S/C25H25N3O3/c1-5-26-16-20-18(4)25(30)28(21-12-8-7-10-17(21)3)23(27-20)15-14-19-11-9-13-22(24(19)29)31-6-2/h5,7-16,29H,4,6H2,1-3H3/b15-14+,20-16+,26-5?. The second-order valence-corrected chi connectivity index (χ2v) is 6.76. The first-order chi connectivity index (χ1) is 15.0. The van der Waals surface area contributed by atoms with Gasteiger partial charge in [0.2, 0.25) is 0 Å². The molecule has 0 saturated heterocycles. The number of aromatic nitrogens is 2. The first kappa shape index (κ1) is 21.8. The van der Waals surface area contributed by atoms with Gasteiger partial charge in [-0.25, -0.2) is 4.98 Å². The molecular formula is C25H25N3O3. The first-order valence-electron chi connectivity index (χ1n) is 9.96. The predicted molar refractivity (Wildman–Crippen MR) is 126 cm³/mol. The summed E-state index contributed by atoms with van der Waals surface area (Å²) in [7, 11) is 0. The molecule has 0 radical (unpaired) electrons. The van der Waals surface area contributed by atoms with Gasteiger partial charge in [0.25, 0.3) is 5.56 Å². The van der Waals surface area contributed by atoms with Crippen LogP contribution in [-0.4, -0.2) is 27.5 Å². The number of aromatic hydroxyl groups is 1. The molecule has 0 aliphatic carbocycles. The van der Waals surface area contributed by atoms with Crippen molar-refractivity contribution in [2.24, 2.45) is 4.99 Å². The van der Waals surface area contributed by atoms with Crippen molar-refractivity contribution in [3.05, 3.63) is 80.3 Å². The largest absolute Gasteiger partial charge is 0.504 e. The van der Waals surface area contributed by atoms with Gasteiger partial charge in [-0.15, -0.1) is 0 Å². The minimum Gasteiger partial charge on any atom is -0.504 e. The van der Waals surface area contributed by atoms with Crippen molar-refractivity contribution >= 4 is 31.1 Å². The Labute approximate surface area is 180 Å². The van der Waals surface area contributed by atoms with Gasteiger partial charge in [-0.2, -0.15) is 0 Å². The highest BCUT2D eigenvalue weighted by molar-refractivity contribution is 5.72. The summed E-state index contributed by atoms with van der Waals surface area (Å²) in [5, 5.41) is 11.1. The number of aryl methyl sites for hydroxylation is 1. The van der Waals surface area contributed by atoms with Crippen molar-refractivity contribution in [1.82, 2.24) is 9.55 Å². The van der Waals surface area contributed by atoms with Crippen LogP contribution in [0.15, 0.2) is 52.3 Å². The fourth-order valence-electron chi connectivity index (χ4n) is 3.11. The second kappa shape index (κ2) is 9.71. The van der Waals surface area contributed by atoms with Gasteiger partial charge in [0.05, 0.1) is 29.1 Å². The molecule has 0 amide bonds. The van der Waals surface area contributed by atoms with Crippen LogP contribution in [0.3, 0.4) is 0 Å². The number of phenolic OH excluding ortho intramolecular Hbond substituents is 1. The maximum Gasteiger partial charge on any atom is 0.265 e. The van der Waals surface area contributed by atoms with E-state index in [-0.39, 0.29) is 16.5 Å². The van der Waals surface area contributed by atoms with Crippen molar-refractivity contribution in [3.8, 4) is 17.2 Å². The molecule has 1 aromatic heterocycles. The lowest BCUT2D eigenvalue weighted by Gasteiger charge is -2.12. The van der Waals surface area contributed by atoms with E-state index in [0.29, 0.717) is 34.8 Å². The van der Waals surface area contributed by atoms with Crippen LogP contribution in [0, 0.1) is 6.92 Å². The molecule has 0 fully saturated rings. The Kier molecular flexibility index (Phi) is 6.82. The summed E-state index contributed by atoms with van der Waals surface area (Å²) in [6.45, 7) is 9.91. The van der Waals surface area contributed by atoms with Crippen LogP contribution in [0.2, 0.25) is 0 Å². The van der Waals surface area contributed by atoms with E-state index in [0.717, 1.165) is 5.56 Å². The summed E-state index contributed by atoms with van der Waals surface area (Å²) >= 11 is 0. The van der Waals surface area contributed by atoms with Gasteiger partial charge < -0.3 is 9.84 Å². The van der Waals surface area contributed by atoms with E-state index in [9.17, 15) is 9.90 Å². The third-order valence-electron chi connectivity index (χ3n) is 4.68. The minimum atomic E-state index is -0.284. The van der Waals surface area contributed by atoms with E-state index < -0.39 is 0 Å². The molecule has 3 rings (SSSR count). The zero-order chi connectivity index (χ0) is 22.4. The molecule has 0 saturated carbocycles. The SMILES string of the molecule is C=c1c(=O)n(-c2ccccc2C)c(/C=C/c2cccc(OCC)c2O)n/c1=C/N=CC. The summed E-state index contributed by atoms with van der Waals surface area (Å²) in [6.07, 6.45) is 6.51. The molecule has 6 nitrogen and oxygen atoms in total. The Hall–Kier alpha value is -3.93. The quantitative estimate of drug-likeness (QED) is 0.628. The smallest absolute Gasteiger partial charge is 0.265 e. The van der Waals surface area contributed by atoms with Gasteiger partial charge in [-0.1, -0.05) is 36.9 Å². The Morgan fingerprint density at radius 3 is 2.68 bits per heavy atom. The number of hydrogen-bond acceptors (Lipinski definition) is 5. The van der Waals surface area contributed by atoms with Gasteiger partial charge in [0.15, 0.2) is 11.5 Å². The maximum atomic E-state index is 13.2. The van der Waals surface area contributed by atoms with E-state index in [1.807, 2.05) is 38.1 Å². The Balaban J connectivity index is 2.26. The number of phenols is 1. The van der Waals surface area contributed by atoms with E-state index in [1.54, 1.807) is 43.5 Å². The van der Waals surface area contributed by atoms with Crippen LogP contribution in [0.5, 0.6) is 11.5 Å². The van der Waals surface area contributed by atoms with Crippen LogP contribution in [0.25, 0.3) is 30.6 Å². The lowest BCUT2D eigenvalue weighted by Crippen LogP contribution is -2.46. The molecule has 2 aromatic carbocycles. The molecule has 0 bridgehead atoms. The molecule has 0 aliphatic heterocycles. The molecule has 3 aromatic rings. The van der Waals surface area contributed by atoms with Crippen molar-refractivity contribution in [3.63, 3.8) is 0 Å². The summed E-state index contributed by atoms with van der Waals surface area (Å²) in [6, 6.07) is 12.8. The molecule has 1 heterocycles. The summed E-state index contributed by atoms with van der Waals surface area (Å²) in [5.41, 5.74) is 1.90. The molecule has 158 valence electrons. The Bertz CT molecular complexity index is 1320. The van der Waals surface area contributed by atoms with Gasteiger partial charge >= 0.3 is 0 Å². The van der Waals surface area contributed by atoms with Gasteiger partial charge in [-0.05, 0) is 50.6 Å². The maximum absolute atomic E-state index is 13.2. The van der Waals surface area contributed by atoms with Crippen molar-refractivity contribution in [2.75, 3.05) is 6.61 Å². The second-order valence-electron chi connectivity index (χ2n) is 6.76. The average Bonchev–Trinajstić information content (AvgIpc) is 2.76. The van der Waals surface area contributed by atoms with Gasteiger partial charge in [-0.3, -0.25) is 14.4 Å². The summed E-state index contributed by atoms with van der Waals surface area (Å²) in [4.78, 5) is 21.9. The molecule has 1 N–H and O–H groups in total. The monoisotopic (exact) mass is 415 g/mol. The number of aliphatic imine (C=N–C) groups is 1. The fraction of sp³-hybridized carbons (Fsp3) is 0.160. The predicted octanol–water partition coefficient (Wildman–Crippen LogP) is 3.05. The molecule has 31 heavy (non-hydrogen) atoms. The third kappa shape index (κ3) is 4.64. The van der Waals surface area contributed by atoms with Crippen LogP contribution in [-0.2, 0) is 0 Å².